The molecule has 5 heteroatoms. The highest BCUT2D eigenvalue weighted by molar-refractivity contribution is 5.90. The molecule has 2 atom stereocenters. The molecule has 1 fully saturated rings. The van der Waals surface area contributed by atoms with Crippen molar-refractivity contribution < 1.29 is 9.53 Å². The Morgan fingerprint density at radius 1 is 1.04 bits per heavy atom. The molecule has 1 heterocycles. The number of anilines is 1. The average Bonchev–Trinajstić information content (AvgIpc) is 2.67. The normalized spacial score (nSPS) is 20.5. The van der Waals surface area contributed by atoms with Crippen molar-refractivity contribution in [3.63, 3.8) is 0 Å². The van der Waals surface area contributed by atoms with E-state index in [0.29, 0.717) is 19.2 Å². The molecule has 5 nitrogen and oxygen atoms in total. The Hall–Kier alpha value is -2.37. The van der Waals surface area contributed by atoms with E-state index < -0.39 is 0 Å². The molecule has 0 aliphatic carbocycles. The third kappa shape index (κ3) is 4.87. The third-order valence-electron chi connectivity index (χ3n) is 5.16. The number of hydrogen-bond acceptors (Lipinski definition) is 3. The number of methoxy groups -OCH3 is 1. The van der Waals surface area contributed by atoms with Gasteiger partial charge in [0.25, 0.3) is 0 Å². The van der Waals surface area contributed by atoms with Gasteiger partial charge in [-0.3, -0.25) is 4.90 Å². The SMILES string of the molecule is COCc1ccccc1NC(=O)N1C[C@@H](C)N(Cc2ccccc2)C[C@@H]1C. The van der Waals surface area contributed by atoms with Gasteiger partial charge in [0, 0.05) is 50.1 Å². The molecule has 2 aromatic carbocycles. The maximum atomic E-state index is 12.9. The second-order valence-electron chi connectivity index (χ2n) is 7.29. The summed E-state index contributed by atoms with van der Waals surface area (Å²) >= 11 is 0. The summed E-state index contributed by atoms with van der Waals surface area (Å²) in [5.41, 5.74) is 3.11. The highest BCUT2D eigenvalue weighted by Crippen LogP contribution is 2.21. The van der Waals surface area contributed by atoms with Crippen LogP contribution in [0.4, 0.5) is 10.5 Å². The molecular weight excluding hydrogens is 338 g/mol. The number of urea groups is 1. The lowest BCUT2D eigenvalue weighted by Crippen LogP contribution is -2.58. The van der Waals surface area contributed by atoms with Gasteiger partial charge in [-0.05, 0) is 25.5 Å². The number of nitrogens with zero attached hydrogens (tertiary/aromatic N) is 2. The number of ether oxygens (including phenoxy) is 1. The number of rotatable bonds is 5. The van der Waals surface area contributed by atoms with E-state index in [4.69, 9.17) is 4.74 Å². The average molecular weight is 367 g/mol. The van der Waals surface area contributed by atoms with Gasteiger partial charge in [0.05, 0.1) is 6.61 Å². The van der Waals surface area contributed by atoms with E-state index in [1.807, 2.05) is 35.2 Å². The lowest BCUT2D eigenvalue weighted by molar-refractivity contribution is 0.0627. The van der Waals surface area contributed by atoms with Crippen LogP contribution in [0.2, 0.25) is 0 Å². The number of amides is 2. The summed E-state index contributed by atoms with van der Waals surface area (Å²) in [5, 5.41) is 3.07. The molecule has 1 aliphatic heterocycles. The van der Waals surface area contributed by atoms with Crippen LogP contribution < -0.4 is 5.32 Å². The van der Waals surface area contributed by atoms with Gasteiger partial charge in [-0.15, -0.1) is 0 Å². The first-order valence-corrected chi connectivity index (χ1v) is 9.51. The molecule has 0 radical (unpaired) electrons. The van der Waals surface area contributed by atoms with Crippen molar-refractivity contribution in [2.45, 2.75) is 39.1 Å². The summed E-state index contributed by atoms with van der Waals surface area (Å²) in [4.78, 5) is 17.3. The van der Waals surface area contributed by atoms with Crippen LogP contribution in [0.15, 0.2) is 54.6 Å². The lowest BCUT2D eigenvalue weighted by Gasteiger charge is -2.44. The van der Waals surface area contributed by atoms with Crippen LogP contribution in [0.25, 0.3) is 0 Å². The molecule has 0 bridgehead atoms. The van der Waals surface area contributed by atoms with Gasteiger partial charge in [0.2, 0.25) is 0 Å². The minimum absolute atomic E-state index is 0.0442. The van der Waals surface area contributed by atoms with Crippen LogP contribution in [0.1, 0.15) is 25.0 Å². The van der Waals surface area contributed by atoms with E-state index in [-0.39, 0.29) is 12.1 Å². The smallest absolute Gasteiger partial charge is 0.322 e. The van der Waals surface area contributed by atoms with Crippen molar-refractivity contribution in [1.29, 1.82) is 0 Å². The standard InChI is InChI=1S/C22H29N3O2/c1-17-14-25(18(2)13-24(17)15-19-9-5-4-6-10-19)22(26)23-21-12-8-7-11-20(21)16-27-3/h4-12,17-18H,13-16H2,1-3H3,(H,23,26)/t17-,18+/m1/s1. The van der Waals surface area contributed by atoms with Gasteiger partial charge in [-0.25, -0.2) is 4.79 Å². The van der Waals surface area contributed by atoms with Crippen molar-refractivity contribution >= 4 is 11.7 Å². The Morgan fingerprint density at radius 3 is 2.48 bits per heavy atom. The number of para-hydroxylation sites is 1. The van der Waals surface area contributed by atoms with E-state index in [2.05, 4.69) is 48.3 Å². The molecule has 0 aromatic heterocycles. The fourth-order valence-corrected chi connectivity index (χ4v) is 3.63. The first-order chi connectivity index (χ1) is 13.1. The van der Waals surface area contributed by atoms with E-state index >= 15 is 0 Å². The van der Waals surface area contributed by atoms with E-state index in [0.717, 1.165) is 24.3 Å². The molecular formula is C22H29N3O2. The third-order valence-corrected chi connectivity index (χ3v) is 5.16. The molecule has 3 rings (SSSR count). The molecule has 2 amide bonds. The monoisotopic (exact) mass is 367 g/mol. The topological polar surface area (TPSA) is 44.8 Å². The zero-order valence-electron chi connectivity index (χ0n) is 16.4. The highest BCUT2D eigenvalue weighted by atomic mass is 16.5. The Balaban J connectivity index is 1.64. The quantitative estimate of drug-likeness (QED) is 0.870. The minimum atomic E-state index is -0.0442. The van der Waals surface area contributed by atoms with Crippen molar-refractivity contribution in [2.75, 3.05) is 25.5 Å². The van der Waals surface area contributed by atoms with Gasteiger partial charge < -0.3 is 15.0 Å². The number of carbonyl (C=O) groups is 1. The summed E-state index contributed by atoms with van der Waals surface area (Å²) in [5.74, 6) is 0. The lowest BCUT2D eigenvalue weighted by atomic mass is 10.1. The summed E-state index contributed by atoms with van der Waals surface area (Å²) in [7, 11) is 1.66. The van der Waals surface area contributed by atoms with Crippen LogP contribution >= 0.6 is 0 Å². The van der Waals surface area contributed by atoms with E-state index in [9.17, 15) is 4.79 Å². The molecule has 27 heavy (non-hydrogen) atoms. The van der Waals surface area contributed by atoms with Gasteiger partial charge in [-0.1, -0.05) is 48.5 Å². The predicted octanol–water partition coefficient (Wildman–Crippen LogP) is 3.96. The van der Waals surface area contributed by atoms with Gasteiger partial charge in [-0.2, -0.15) is 0 Å². The molecule has 0 saturated carbocycles. The molecule has 1 aliphatic rings. The Morgan fingerprint density at radius 2 is 1.74 bits per heavy atom. The second kappa shape index (κ2) is 9.02. The van der Waals surface area contributed by atoms with Crippen molar-refractivity contribution in [2.24, 2.45) is 0 Å². The zero-order chi connectivity index (χ0) is 19.2. The van der Waals surface area contributed by atoms with E-state index in [1.165, 1.54) is 5.56 Å². The first-order valence-electron chi connectivity index (χ1n) is 9.51. The molecule has 2 aromatic rings. The fourth-order valence-electron chi connectivity index (χ4n) is 3.63. The first kappa shape index (κ1) is 19.4. The van der Waals surface area contributed by atoms with Crippen molar-refractivity contribution in [1.82, 2.24) is 9.80 Å². The Kier molecular flexibility index (Phi) is 6.48. The number of carbonyl (C=O) groups excluding carboxylic acids is 1. The largest absolute Gasteiger partial charge is 0.380 e. The van der Waals surface area contributed by atoms with Gasteiger partial charge in [0.1, 0.15) is 0 Å². The second-order valence-corrected chi connectivity index (χ2v) is 7.29. The van der Waals surface area contributed by atoms with Crippen LogP contribution in [0.5, 0.6) is 0 Å². The van der Waals surface area contributed by atoms with E-state index in [1.54, 1.807) is 7.11 Å². The van der Waals surface area contributed by atoms with Crippen LogP contribution in [-0.4, -0.2) is 48.1 Å². The van der Waals surface area contributed by atoms with Gasteiger partial charge >= 0.3 is 6.03 Å². The number of nitrogens with one attached hydrogen (secondary N) is 1. The summed E-state index contributed by atoms with van der Waals surface area (Å²) in [6.45, 7) is 7.28. The minimum Gasteiger partial charge on any atom is -0.380 e. The van der Waals surface area contributed by atoms with Crippen molar-refractivity contribution in [3.05, 3.63) is 65.7 Å². The van der Waals surface area contributed by atoms with Crippen molar-refractivity contribution in [3.8, 4) is 0 Å². The molecule has 0 unspecified atom stereocenters. The highest BCUT2D eigenvalue weighted by Gasteiger charge is 2.32. The number of hydrogen-bond donors (Lipinski definition) is 1. The summed E-state index contributed by atoms with van der Waals surface area (Å²) in [6.07, 6.45) is 0. The number of benzene rings is 2. The van der Waals surface area contributed by atoms with Gasteiger partial charge in [0.15, 0.2) is 0 Å². The molecule has 0 spiro atoms. The Labute approximate surface area is 161 Å². The maximum absolute atomic E-state index is 12.9. The summed E-state index contributed by atoms with van der Waals surface area (Å²) in [6, 6.07) is 18.7. The fraction of sp³-hybridized carbons (Fsp3) is 0.409. The van der Waals surface area contributed by atoms with Crippen LogP contribution in [0, 0.1) is 0 Å². The van der Waals surface area contributed by atoms with Crippen LogP contribution in [-0.2, 0) is 17.9 Å². The maximum Gasteiger partial charge on any atom is 0.322 e. The molecule has 1 N–H and O–H groups in total. The zero-order valence-corrected chi connectivity index (χ0v) is 16.4. The molecule has 144 valence electrons. The Bertz CT molecular complexity index is 750. The molecule has 1 saturated heterocycles. The van der Waals surface area contributed by atoms with Crippen LogP contribution in [0.3, 0.4) is 0 Å². The predicted molar refractivity (Wildman–Crippen MR) is 109 cm³/mol. The summed E-state index contributed by atoms with van der Waals surface area (Å²) < 4.78 is 5.23. The number of piperazine rings is 1.